The number of carbonyl (C=O) groups is 3. The summed E-state index contributed by atoms with van der Waals surface area (Å²) in [4.78, 5) is 36.3. The maximum absolute atomic E-state index is 12.6. The topological polar surface area (TPSA) is 113 Å². The molecule has 3 amide bonds. The van der Waals surface area contributed by atoms with Gasteiger partial charge in [-0.25, -0.2) is 4.79 Å². The van der Waals surface area contributed by atoms with Crippen molar-refractivity contribution >= 4 is 17.9 Å². The number of hydrogen-bond donors (Lipinski definition) is 3. The molecule has 0 aromatic rings. The van der Waals surface area contributed by atoms with Crippen LogP contribution in [0.4, 0.5) is 4.79 Å². The minimum atomic E-state index is -0.817. The number of carbonyl (C=O) groups excluding carboxylic acids is 2. The molecular weight excluding hydrogens is 274 g/mol. The lowest BCUT2D eigenvalue weighted by Crippen LogP contribution is -2.55. The summed E-state index contributed by atoms with van der Waals surface area (Å²) in [6, 6.07) is -1.52. The molecule has 120 valence electrons. The third-order valence-electron chi connectivity index (χ3n) is 3.83. The molecule has 0 radical (unpaired) electrons. The zero-order valence-electron chi connectivity index (χ0n) is 12.8. The van der Waals surface area contributed by atoms with Crippen LogP contribution in [0.1, 0.15) is 40.0 Å². The summed E-state index contributed by atoms with van der Waals surface area (Å²) < 4.78 is 0. The van der Waals surface area contributed by atoms with Gasteiger partial charge in [0.05, 0.1) is 5.92 Å². The van der Waals surface area contributed by atoms with E-state index in [-0.39, 0.29) is 17.9 Å². The van der Waals surface area contributed by atoms with Crippen LogP contribution in [0, 0.1) is 11.8 Å². The van der Waals surface area contributed by atoms with Crippen LogP contribution in [0.15, 0.2) is 0 Å². The van der Waals surface area contributed by atoms with Gasteiger partial charge in [0.2, 0.25) is 5.91 Å². The number of piperidine rings is 1. The van der Waals surface area contributed by atoms with E-state index in [1.165, 1.54) is 0 Å². The first-order valence-electron chi connectivity index (χ1n) is 7.31. The lowest BCUT2D eigenvalue weighted by Gasteiger charge is -2.38. The molecule has 21 heavy (non-hydrogen) atoms. The molecule has 0 bridgehead atoms. The van der Waals surface area contributed by atoms with E-state index in [0.29, 0.717) is 25.8 Å². The van der Waals surface area contributed by atoms with Crippen molar-refractivity contribution in [1.29, 1.82) is 0 Å². The van der Waals surface area contributed by atoms with E-state index in [0.717, 1.165) is 0 Å². The zero-order valence-corrected chi connectivity index (χ0v) is 12.8. The number of amides is 3. The van der Waals surface area contributed by atoms with Crippen LogP contribution in [0.25, 0.3) is 0 Å². The Morgan fingerprint density at radius 2 is 2.00 bits per heavy atom. The summed E-state index contributed by atoms with van der Waals surface area (Å²) in [5, 5.41) is 11.5. The molecule has 0 aromatic heterocycles. The number of aliphatic carboxylic acids is 1. The number of hydrogen-bond acceptors (Lipinski definition) is 3. The molecule has 1 aliphatic rings. The van der Waals surface area contributed by atoms with Crippen LogP contribution in [0.2, 0.25) is 0 Å². The van der Waals surface area contributed by atoms with Gasteiger partial charge in [-0.3, -0.25) is 9.59 Å². The summed E-state index contributed by atoms with van der Waals surface area (Å²) in [7, 11) is 0. The number of nitrogens with one attached hydrogen (secondary N) is 1. The number of urea groups is 1. The first-order chi connectivity index (χ1) is 9.72. The summed E-state index contributed by atoms with van der Waals surface area (Å²) in [6.45, 7) is 6.15. The first kappa shape index (κ1) is 17.3. The zero-order chi connectivity index (χ0) is 16.2. The Morgan fingerprint density at radius 1 is 1.38 bits per heavy atom. The molecule has 3 atom stereocenters. The average Bonchev–Trinajstić information content (AvgIpc) is 2.35. The second kappa shape index (κ2) is 7.28. The van der Waals surface area contributed by atoms with Crippen LogP contribution in [-0.4, -0.2) is 46.5 Å². The maximum atomic E-state index is 12.6. The molecule has 1 saturated heterocycles. The molecule has 1 heterocycles. The van der Waals surface area contributed by atoms with Gasteiger partial charge in [-0.15, -0.1) is 0 Å². The molecule has 0 aromatic carbocycles. The Kier molecular flexibility index (Phi) is 5.99. The monoisotopic (exact) mass is 299 g/mol. The van der Waals surface area contributed by atoms with Crippen molar-refractivity contribution in [2.24, 2.45) is 17.6 Å². The van der Waals surface area contributed by atoms with Gasteiger partial charge in [-0.1, -0.05) is 13.8 Å². The predicted molar refractivity (Wildman–Crippen MR) is 77.5 cm³/mol. The van der Waals surface area contributed by atoms with Crippen LogP contribution < -0.4 is 11.1 Å². The number of primary amides is 1. The molecule has 1 aliphatic heterocycles. The number of carboxylic acid groups (broad SMARTS) is 1. The first-order valence-corrected chi connectivity index (χ1v) is 7.31. The second-order valence-corrected chi connectivity index (χ2v) is 6.13. The molecule has 3 unspecified atom stereocenters. The fraction of sp³-hybridized carbons (Fsp3) is 0.786. The lowest BCUT2D eigenvalue weighted by molar-refractivity contribution is -0.148. The number of nitrogens with zero attached hydrogens (tertiary/aromatic N) is 1. The van der Waals surface area contributed by atoms with Gasteiger partial charge in [0.15, 0.2) is 0 Å². The molecule has 7 heteroatoms. The van der Waals surface area contributed by atoms with E-state index >= 15 is 0 Å². The minimum Gasteiger partial charge on any atom is -0.481 e. The summed E-state index contributed by atoms with van der Waals surface area (Å²) in [6.07, 6.45) is 1.38. The van der Waals surface area contributed by atoms with Crippen molar-refractivity contribution in [2.75, 3.05) is 6.54 Å². The van der Waals surface area contributed by atoms with E-state index in [2.05, 4.69) is 5.32 Å². The fourth-order valence-corrected chi connectivity index (χ4v) is 2.79. The van der Waals surface area contributed by atoms with E-state index in [9.17, 15) is 14.4 Å². The van der Waals surface area contributed by atoms with E-state index in [1.54, 1.807) is 4.90 Å². The van der Waals surface area contributed by atoms with Gasteiger partial charge in [0.25, 0.3) is 0 Å². The molecule has 0 spiro atoms. The summed E-state index contributed by atoms with van der Waals surface area (Å²) in [5.41, 5.74) is 5.13. The highest BCUT2D eigenvalue weighted by molar-refractivity contribution is 5.87. The molecule has 0 aliphatic carbocycles. The second-order valence-electron chi connectivity index (χ2n) is 6.13. The number of likely N-dealkylation sites (tertiary alicyclic amines) is 1. The van der Waals surface area contributed by atoms with E-state index < -0.39 is 24.0 Å². The summed E-state index contributed by atoms with van der Waals surface area (Å²) >= 11 is 0. The third-order valence-corrected chi connectivity index (χ3v) is 3.83. The summed E-state index contributed by atoms with van der Waals surface area (Å²) in [5.74, 6) is -1.17. The van der Waals surface area contributed by atoms with Gasteiger partial charge < -0.3 is 21.1 Å². The van der Waals surface area contributed by atoms with E-state index in [4.69, 9.17) is 10.8 Å². The highest BCUT2D eigenvalue weighted by Gasteiger charge is 2.35. The van der Waals surface area contributed by atoms with Crippen molar-refractivity contribution in [1.82, 2.24) is 10.2 Å². The molecule has 7 nitrogen and oxygen atoms in total. The Hall–Kier alpha value is -1.79. The van der Waals surface area contributed by atoms with Crippen LogP contribution >= 0.6 is 0 Å². The lowest BCUT2D eigenvalue weighted by atomic mass is 9.90. The normalized spacial score (nSPS) is 23.7. The van der Waals surface area contributed by atoms with Gasteiger partial charge in [-0.05, 0) is 32.1 Å². The molecule has 1 rings (SSSR count). The highest BCUT2D eigenvalue weighted by Crippen LogP contribution is 2.24. The Labute approximate surface area is 124 Å². The average molecular weight is 299 g/mol. The fourth-order valence-electron chi connectivity index (χ4n) is 2.79. The van der Waals surface area contributed by atoms with Gasteiger partial charge >= 0.3 is 12.0 Å². The van der Waals surface area contributed by atoms with Gasteiger partial charge in [0, 0.05) is 12.6 Å². The smallest absolute Gasteiger partial charge is 0.312 e. The predicted octanol–water partition coefficient (Wildman–Crippen LogP) is 0.781. The maximum Gasteiger partial charge on any atom is 0.312 e. The van der Waals surface area contributed by atoms with Crippen LogP contribution in [0.5, 0.6) is 0 Å². The van der Waals surface area contributed by atoms with Crippen LogP contribution in [0.3, 0.4) is 0 Å². The quantitative estimate of drug-likeness (QED) is 0.696. The minimum absolute atomic E-state index is 0.156. The molecule has 4 N–H and O–H groups in total. The highest BCUT2D eigenvalue weighted by atomic mass is 16.4. The van der Waals surface area contributed by atoms with Crippen molar-refractivity contribution in [3.63, 3.8) is 0 Å². The molecule has 1 fully saturated rings. The number of nitrogens with two attached hydrogens (primary N) is 1. The number of rotatable bonds is 5. The van der Waals surface area contributed by atoms with E-state index in [1.807, 2.05) is 20.8 Å². The van der Waals surface area contributed by atoms with Gasteiger partial charge in [-0.2, -0.15) is 0 Å². The molecular formula is C14H25N3O4. The Bertz CT molecular complexity index is 411. The van der Waals surface area contributed by atoms with Crippen molar-refractivity contribution in [3.05, 3.63) is 0 Å². The van der Waals surface area contributed by atoms with Crippen molar-refractivity contribution in [3.8, 4) is 0 Å². The SMILES string of the molecule is CC(C)CC(NC(N)=O)C(=O)N1CCC(C(=O)O)CC1C. The standard InChI is InChI=1S/C14H25N3O4/c1-8(2)6-11(16-14(15)21)12(18)17-5-4-10(13(19)20)7-9(17)3/h8-11H,4-7H2,1-3H3,(H,19,20)(H3,15,16,21). The van der Waals surface area contributed by atoms with Crippen molar-refractivity contribution in [2.45, 2.75) is 52.1 Å². The molecule has 0 saturated carbocycles. The third kappa shape index (κ3) is 4.91. The Morgan fingerprint density at radius 3 is 2.43 bits per heavy atom. The number of carboxylic acids is 1. The van der Waals surface area contributed by atoms with Crippen molar-refractivity contribution < 1.29 is 19.5 Å². The van der Waals surface area contributed by atoms with Crippen LogP contribution in [-0.2, 0) is 9.59 Å². The Balaban J connectivity index is 2.74. The largest absolute Gasteiger partial charge is 0.481 e. The van der Waals surface area contributed by atoms with Gasteiger partial charge in [0.1, 0.15) is 6.04 Å².